The summed E-state index contributed by atoms with van der Waals surface area (Å²) in [6.45, 7) is 6.07. The quantitative estimate of drug-likeness (QED) is 0.590. The van der Waals surface area contributed by atoms with Gasteiger partial charge in [0.25, 0.3) is 0 Å². The van der Waals surface area contributed by atoms with Crippen LogP contribution in [0.4, 0.5) is 0 Å². The number of ether oxygens (including phenoxy) is 1. The Hall–Kier alpha value is -0.830. The Labute approximate surface area is 78.4 Å². The van der Waals surface area contributed by atoms with Gasteiger partial charge in [-0.3, -0.25) is 4.79 Å². The fourth-order valence-corrected chi connectivity index (χ4v) is 2.15. The summed E-state index contributed by atoms with van der Waals surface area (Å²) in [6.07, 6.45) is 3.67. The lowest BCUT2D eigenvalue weighted by Crippen LogP contribution is -2.46. The van der Waals surface area contributed by atoms with Crippen LogP contribution >= 0.6 is 0 Å². The summed E-state index contributed by atoms with van der Waals surface area (Å²) < 4.78 is 5.15. The predicted octanol–water partition coefficient (Wildman–Crippen LogP) is 0.810. The van der Waals surface area contributed by atoms with Crippen molar-refractivity contribution in [3.05, 3.63) is 12.7 Å². The van der Waals surface area contributed by atoms with Crippen LogP contribution in [-0.2, 0) is 9.53 Å². The molecule has 3 nitrogen and oxygen atoms in total. The minimum Gasteiger partial charge on any atom is -0.381 e. The Kier molecular flexibility index (Phi) is 2.36. The van der Waals surface area contributed by atoms with E-state index in [1.165, 1.54) is 6.08 Å². The van der Waals surface area contributed by atoms with Gasteiger partial charge in [0.05, 0.1) is 13.2 Å². The van der Waals surface area contributed by atoms with E-state index in [-0.39, 0.29) is 5.91 Å². The van der Waals surface area contributed by atoms with Crippen molar-refractivity contribution < 1.29 is 9.53 Å². The Morgan fingerprint density at radius 2 is 2.31 bits per heavy atom. The molecule has 1 unspecified atom stereocenters. The maximum atomic E-state index is 11.4. The summed E-state index contributed by atoms with van der Waals surface area (Å²) >= 11 is 0. The monoisotopic (exact) mass is 181 g/mol. The minimum absolute atomic E-state index is 0.0781. The zero-order chi connectivity index (χ0) is 9.26. The van der Waals surface area contributed by atoms with Crippen LogP contribution in [0.1, 0.15) is 12.8 Å². The molecule has 0 radical (unpaired) electrons. The number of amides is 1. The third kappa shape index (κ3) is 1.48. The van der Waals surface area contributed by atoms with Gasteiger partial charge in [0.2, 0.25) is 5.91 Å². The van der Waals surface area contributed by atoms with E-state index in [9.17, 15) is 4.79 Å². The van der Waals surface area contributed by atoms with E-state index in [4.69, 9.17) is 4.74 Å². The van der Waals surface area contributed by atoms with Crippen LogP contribution in [0.15, 0.2) is 12.7 Å². The van der Waals surface area contributed by atoms with E-state index < -0.39 is 0 Å². The number of rotatable bonds is 2. The normalized spacial score (nSPS) is 28.6. The summed E-state index contributed by atoms with van der Waals surface area (Å²) in [5.74, 6) is 0.654. The molecule has 72 valence electrons. The van der Waals surface area contributed by atoms with Crippen molar-refractivity contribution >= 4 is 5.91 Å². The SMILES string of the molecule is C=CC(=O)N1CCCC1C1COC1. The highest BCUT2D eigenvalue weighted by Crippen LogP contribution is 2.28. The van der Waals surface area contributed by atoms with Gasteiger partial charge in [-0.05, 0) is 18.9 Å². The van der Waals surface area contributed by atoms with Crippen LogP contribution in [-0.4, -0.2) is 36.6 Å². The molecule has 0 aromatic carbocycles. The molecule has 2 saturated heterocycles. The largest absolute Gasteiger partial charge is 0.381 e. The standard InChI is InChI=1S/C10H15NO2/c1-2-10(12)11-5-3-4-9(11)8-6-13-7-8/h2,8-9H,1,3-7H2. The molecule has 2 heterocycles. The van der Waals surface area contributed by atoms with Crippen LogP contribution < -0.4 is 0 Å². The molecule has 2 aliphatic rings. The number of likely N-dealkylation sites (tertiary alicyclic amines) is 1. The van der Waals surface area contributed by atoms with Crippen molar-refractivity contribution in [3.8, 4) is 0 Å². The molecule has 2 aliphatic heterocycles. The molecule has 3 heteroatoms. The third-order valence-corrected chi connectivity index (χ3v) is 2.96. The fourth-order valence-electron chi connectivity index (χ4n) is 2.15. The summed E-state index contributed by atoms with van der Waals surface area (Å²) in [5.41, 5.74) is 0. The second-order valence-electron chi connectivity index (χ2n) is 3.74. The zero-order valence-electron chi connectivity index (χ0n) is 7.74. The van der Waals surface area contributed by atoms with Gasteiger partial charge in [0.1, 0.15) is 0 Å². The number of carbonyl (C=O) groups is 1. The van der Waals surface area contributed by atoms with Gasteiger partial charge in [0.15, 0.2) is 0 Å². The van der Waals surface area contributed by atoms with E-state index in [0.29, 0.717) is 12.0 Å². The molecule has 0 bridgehead atoms. The molecule has 1 atom stereocenters. The maximum absolute atomic E-state index is 11.4. The highest BCUT2D eigenvalue weighted by atomic mass is 16.5. The lowest BCUT2D eigenvalue weighted by Gasteiger charge is -2.36. The zero-order valence-corrected chi connectivity index (χ0v) is 7.74. The van der Waals surface area contributed by atoms with E-state index in [1.54, 1.807) is 0 Å². The van der Waals surface area contributed by atoms with E-state index >= 15 is 0 Å². The third-order valence-electron chi connectivity index (χ3n) is 2.96. The van der Waals surface area contributed by atoms with Crippen molar-refractivity contribution in [2.75, 3.05) is 19.8 Å². The number of carbonyl (C=O) groups excluding carboxylic acids is 1. The lowest BCUT2D eigenvalue weighted by atomic mass is 9.96. The second-order valence-corrected chi connectivity index (χ2v) is 3.74. The average molecular weight is 181 g/mol. The predicted molar refractivity (Wildman–Crippen MR) is 49.2 cm³/mol. The van der Waals surface area contributed by atoms with Crippen LogP contribution in [0.3, 0.4) is 0 Å². The number of nitrogens with zero attached hydrogens (tertiary/aromatic N) is 1. The van der Waals surface area contributed by atoms with Gasteiger partial charge in [-0.15, -0.1) is 0 Å². The van der Waals surface area contributed by atoms with Gasteiger partial charge in [-0.2, -0.15) is 0 Å². The van der Waals surface area contributed by atoms with Crippen molar-refractivity contribution in [2.45, 2.75) is 18.9 Å². The van der Waals surface area contributed by atoms with Crippen LogP contribution in [0.25, 0.3) is 0 Å². The molecule has 1 amide bonds. The summed E-state index contributed by atoms with van der Waals surface area (Å²) in [6, 6.07) is 0.416. The highest BCUT2D eigenvalue weighted by Gasteiger charge is 2.37. The van der Waals surface area contributed by atoms with Crippen LogP contribution in [0.5, 0.6) is 0 Å². The Morgan fingerprint density at radius 1 is 1.54 bits per heavy atom. The Morgan fingerprint density at radius 3 is 2.85 bits per heavy atom. The smallest absolute Gasteiger partial charge is 0.246 e. The van der Waals surface area contributed by atoms with Crippen molar-refractivity contribution in [2.24, 2.45) is 5.92 Å². The van der Waals surface area contributed by atoms with Crippen LogP contribution in [0.2, 0.25) is 0 Å². The minimum atomic E-state index is 0.0781. The number of hydrogen-bond acceptors (Lipinski definition) is 2. The molecule has 0 aliphatic carbocycles. The maximum Gasteiger partial charge on any atom is 0.246 e. The van der Waals surface area contributed by atoms with Gasteiger partial charge in [-0.1, -0.05) is 6.58 Å². The highest BCUT2D eigenvalue weighted by molar-refractivity contribution is 5.87. The molecule has 0 aromatic heterocycles. The number of hydrogen-bond donors (Lipinski definition) is 0. The van der Waals surface area contributed by atoms with Gasteiger partial charge in [0, 0.05) is 18.5 Å². The first-order chi connectivity index (χ1) is 6.33. The molecule has 2 fully saturated rings. The van der Waals surface area contributed by atoms with E-state index in [1.807, 2.05) is 4.90 Å². The molecule has 0 N–H and O–H groups in total. The van der Waals surface area contributed by atoms with Gasteiger partial charge < -0.3 is 9.64 Å². The topological polar surface area (TPSA) is 29.5 Å². The molecule has 0 saturated carbocycles. The average Bonchev–Trinajstić information content (AvgIpc) is 2.49. The molecule has 13 heavy (non-hydrogen) atoms. The molecule has 0 spiro atoms. The van der Waals surface area contributed by atoms with Gasteiger partial charge >= 0.3 is 0 Å². The first-order valence-corrected chi connectivity index (χ1v) is 4.83. The van der Waals surface area contributed by atoms with Crippen LogP contribution in [0, 0.1) is 5.92 Å². The summed E-state index contributed by atoms with van der Waals surface area (Å²) in [5, 5.41) is 0. The van der Waals surface area contributed by atoms with Crippen molar-refractivity contribution in [1.29, 1.82) is 0 Å². The van der Waals surface area contributed by atoms with E-state index in [2.05, 4.69) is 6.58 Å². The lowest BCUT2D eigenvalue weighted by molar-refractivity contribution is -0.132. The molecule has 2 rings (SSSR count). The first kappa shape index (κ1) is 8.75. The fraction of sp³-hybridized carbons (Fsp3) is 0.700. The van der Waals surface area contributed by atoms with Crippen molar-refractivity contribution in [3.63, 3.8) is 0 Å². The summed E-state index contributed by atoms with van der Waals surface area (Å²) in [4.78, 5) is 13.4. The first-order valence-electron chi connectivity index (χ1n) is 4.83. The molecular weight excluding hydrogens is 166 g/mol. The second kappa shape index (κ2) is 3.50. The summed E-state index contributed by atoms with van der Waals surface area (Å²) in [7, 11) is 0. The van der Waals surface area contributed by atoms with Gasteiger partial charge in [-0.25, -0.2) is 0 Å². The van der Waals surface area contributed by atoms with Crippen molar-refractivity contribution in [1.82, 2.24) is 4.90 Å². The Bertz CT molecular complexity index is 223. The van der Waals surface area contributed by atoms with E-state index in [0.717, 1.165) is 32.6 Å². The Balaban J connectivity index is 2.00. The molecule has 0 aromatic rings. The molecular formula is C10H15NO2.